The fourth-order valence-electron chi connectivity index (χ4n) is 4.20. The molecular formula is C22H30N6O3. The van der Waals surface area contributed by atoms with Gasteiger partial charge in [0, 0.05) is 63.3 Å². The van der Waals surface area contributed by atoms with Crippen molar-refractivity contribution in [3.05, 3.63) is 47.3 Å². The van der Waals surface area contributed by atoms with E-state index in [1.165, 1.54) is 0 Å². The summed E-state index contributed by atoms with van der Waals surface area (Å²) in [5.74, 6) is 0.202. The normalized spacial score (nSPS) is 16.9. The summed E-state index contributed by atoms with van der Waals surface area (Å²) in [4.78, 5) is 38.5. The highest BCUT2D eigenvalue weighted by atomic mass is 16.5. The molecule has 0 bridgehead atoms. The monoisotopic (exact) mass is 426 g/mol. The number of pyridine rings is 1. The number of ether oxygens (including phenoxy) is 1. The van der Waals surface area contributed by atoms with Gasteiger partial charge in [-0.05, 0) is 26.0 Å². The standard InChI is InChI=1S/C22H30N6O3/c1-16(2)28-19-5-8-27(22(30)17-4-3-6-23-14-17)15-18(19)25-20(28)21(29)24-7-9-26-10-12-31-13-11-26/h3-4,6,14,16H,5,7-13,15H2,1-2H3,(H,24,29). The van der Waals surface area contributed by atoms with Crippen molar-refractivity contribution in [2.45, 2.75) is 32.9 Å². The number of aromatic nitrogens is 3. The molecule has 9 nitrogen and oxygen atoms in total. The maximum atomic E-state index is 12.9. The Morgan fingerprint density at radius 1 is 1.23 bits per heavy atom. The van der Waals surface area contributed by atoms with E-state index < -0.39 is 0 Å². The van der Waals surface area contributed by atoms with E-state index in [1.54, 1.807) is 29.4 Å². The molecule has 1 fully saturated rings. The minimum atomic E-state index is -0.165. The minimum absolute atomic E-state index is 0.0608. The molecule has 4 heterocycles. The summed E-state index contributed by atoms with van der Waals surface area (Å²) >= 11 is 0. The van der Waals surface area contributed by atoms with Crippen LogP contribution in [0.3, 0.4) is 0 Å². The van der Waals surface area contributed by atoms with Crippen LogP contribution in [0, 0.1) is 0 Å². The summed E-state index contributed by atoms with van der Waals surface area (Å²) in [5, 5.41) is 3.02. The molecule has 2 aliphatic rings. The van der Waals surface area contributed by atoms with E-state index in [0.717, 1.165) is 44.2 Å². The molecule has 0 radical (unpaired) electrons. The number of hydrogen-bond donors (Lipinski definition) is 1. The number of nitrogens with one attached hydrogen (secondary N) is 1. The first kappa shape index (κ1) is 21.5. The summed E-state index contributed by atoms with van der Waals surface area (Å²) in [6, 6.07) is 3.64. The molecule has 166 valence electrons. The van der Waals surface area contributed by atoms with Crippen molar-refractivity contribution in [3.63, 3.8) is 0 Å². The Hall–Kier alpha value is -2.78. The van der Waals surface area contributed by atoms with Crippen LogP contribution in [0.15, 0.2) is 24.5 Å². The highest BCUT2D eigenvalue weighted by molar-refractivity contribution is 5.94. The maximum absolute atomic E-state index is 12.9. The highest BCUT2D eigenvalue weighted by Gasteiger charge is 2.30. The van der Waals surface area contributed by atoms with E-state index in [2.05, 4.69) is 34.0 Å². The van der Waals surface area contributed by atoms with Gasteiger partial charge in [-0.1, -0.05) is 0 Å². The quantitative estimate of drug-likeness (QED) is 0.744. The summed E-state index contributed by atoms with van der Waals surface area (Å²) in [6.45, 7) is 9.74. The van der Waals surface area contributed by atoms with Gasteiger partial charge in [0.05, 0.1) is 31.0 Å². The lowest BCUT2D eigenvalue weighted by Gasteiger charge is -2.28. The summed E-state index contributed by atoms with van der Waals surface area (Å²) in [5.41, 5.74) is 2.41. The SMILES string of the molecule is CC(C)n1c(C(=O)NCCN2CCOCC2)nc2c1CCN(C(=O)c1cccnc1)C2. The molecule has 0 unspecified atom stereocenters. The lowest BCUT2D eigenvalue weighted by molar-refractivity contribution is 0.0383. The molecule has 2 aromatic heterocycles. The lowest BCUT2D eigenvalue weighted by atomic mass is 10.1. The van der Waals surface area contributed by atoms with Gasteiger partial charge in [0.15, 0.2) is 5.82 Å². The largest absolute Gasteiger partial charge is 0.379 e. The average Bonchev–Trinajstić information content (AvgIpc) is 3.19. The van der Waals surface area contributed by atoms with Gasteiger partial charge in [-0.2, -0.15) is 0 Å². The molecule has 4 rings (SSSR count). The second-order valence-electron chi connectivity index (χ2n) is 8.22. The smallest absolute Gasteiger partial charge is 0.287 e. The van der Waals surface area contributed by atoms with Gasteiger partial charge in [0.25, 0.3) is 11.8 Å². The van der Waals surface area contributed by atoms with Crippen molar-refractivity contribution in [2.24, 2.45) is 0 Å². The van der Waals surface area contributed by atoms with E-state index in [-0.39, 0.29) is 17.9 Å². The molecule has 0 atom stereocenters. The van der Waals surface area contributed by atoms with Gasteiger partial charge >= 0.3 is 0 Å². The molecule has 31 heavy (non-hydrogen) atoms. The number of fused-ring (bicyclic) bond motifs is 1. The van der Waals surface area contributed by atoms with Gasteiger partial charge in [0.1, 0.15) is 0 Å². The van der Waals surface area contributed by atoms with Crippen LogP contribution >= 0.6 is 0 Å². The van der Waals surface area contributed by atoms with Crippen molar-refractivity contribution in [1.82, 2.24) is 29.7 Å². The maximum Gasteiger partial charge on any atom is 0.287 e. The number of amides is 2. The van der Waals surface area contributed by atoms with Gasteiger partial charge in [-0.15, -0.1) is 0 Å². The van der Waals surface area contributed by atoms with Crippen molar-refractivity contribution >= 4 is 11.8 Å². The number of hydrogen-bond acceptors (Lipinski definition) is 6. The topological polar surface area (TPSA) is 92.6 Å². The Morgan fingerprint density at radius 2 is 2.03 bits per heavy atom. The predicted molar refractivity (Wildman–Crippen MR) is 115 cm³/mol. The number of nitrogens with zero attached hydrogens (tertiary/aromatic N) is 5. The second kappa shape index (κ2) is 9.57. The van der Waals surface area contributed by atoms with Crippen LogP contribution in [0.2, 0.25) is 0 Å². The zero-order valence-corrected chi connectivity index (χ0v) is 18.2. The van der Waals surface area contributed by atoms with Gasteiger partial charge in [0.2, 0.25) is 0 Å². The molecular weight excluding hydrogens is 396 g/mol. The van der Waals surface area contributed by atoms with Crippen LogP contribution in [0.25, 0.3) is 0 Å². The number of morpholine rings is 1. The lowest BCUT2D eigenvalue weighted by Crippen LogP contribution is -2.41. The van der Waals surface area contributed by atoms with Gasteiger partial charge in [-0.25, -0.2) is 4.98 Å². The molecule has 0 aliphatic carbocycles. The first-order chi connectivity index (χ1) is 15.0. The second-order valence-corrected chi connectivity index (χ2v) is 8.22. The van der Waals surface area contributed by atoms with Crippen molar-refractivity contribution < 1.29 is 14.3 Å². The summed E-state index contributed by atoms with van der Waals surface area (Å²) < 4.78 is 7.38. The molecule has 1 saturated heterocycles. The Bertz CT molecular complexity index is 921. The minimum Gasteiger partial charge on any atom is -0.379 e. The van der Waals surface area contributed by atoms with Gasteiger partial charge < -0.3 is 19.5 Å². The van der Waals surface area contributed by atoms with Crippen LogP contribution in [0.4, 0.5) is 0 Å². The Labute approximate surface area is 182 Å². The van der Waals surface area contributed by atoms with E-state index in [1.807, 2.05) is 4.57 Å². The van der Waals surface area contributed by atoms with Crippen LogP contribution in [-0.4, -0.2) is 82.1 Å². The van der Waals surface area contributed by atoms with Crippen LogP contribution < -0.4 is 5.32 Å². The molecule has 0 aromatic carbocycles. The first-order valence-electron chi connectivity index (χ1n) is 10.9. The van der Waals surface area contributed by atoms with Crippen molar-refractivity contribution in [2.75, 3.05) is 45.9 Å². The zero-order valence-electron chi connectivity index (χ0n) is 18.2. The van der Waals surface area contributed by atoms with Crippen molar-refractivity contribution in [1.29, 1.82) is 0 Å². The molecule has 2 amide bonds. The van der Waals surface area contributed by atoms with Crippen LogP contribution in [-0.2, 0) is 17.7 Å². The fourth-order valence-corrected chi connectivity index (χ4v) is 4.20. The highest BCUT2D eigenvalue weighted by Crippen LogP contribution is 2.25. The third-order valence-corrected chi connectivity index (χ3v) is 5.78. The van der Waals surface area contributed by atoms with E-state index in [0.29, 0.717) is 37.4 Å². The first-order valence-corrected chi connectivity index (χ1v) is 10.9. The molecule has 9 heteroatoms. The van der Waals surface area contributed by atoms with Crippen LogP contribution in [0.5, 0.6) is 0 Å². The van der Waals surface area contributed by atoms with E-state index in [4.69, 9.17) is 4.74 Å². The Morgan fingerprint density at radius 3 is 2.74 bits per heavy atom. The molecule has 0 saturated carbocycles. The van der Waals surface area contributed by atoms with E-state index in [9.17, 15) is 9.59 Å². The Balaban J connectivity index is 1.45. The molecule has 1 N–H and O–H groups in total. The number of imidazole rings is 1. The number of carbonyl (C=O) groups is 2. The number of rotatable bonds is 6. The van der Waals surface area contributed by atoms with E-state index >= 15 is 0 Å². The number of carbonyl (C=O) groups excluding carboxylic acids is 2. The third kappa shape index (κ3) is 4.77. The summed E-state index contributed by atoms with van der Waals surface area (Å²) in [7, 11) is 0. The summed E-state index contributed by atoms with van der Waals surface area (Å²) in [6.07, 6.45) is 3.91. The fraction of sp³-hybridized carbons (Fsp3) is 0.545. The van der Waals surface area contributed by atoms with Crippen molar-refractivity contribution in [3.8, 4) is 0 Å². The zero-order chi connectivity index (χ0) is 21.8. The molecule has 2 aromatic rings. The Kier molecular flexibility index (Phi) is 6.62. The molecule has 0 spiro atoms. The van der Waals surface area contributed by atoms with Gasteiger partial charge in [-0.3, -0.25) is 19.5 Å². The average molecular weight is 427 g/mol. The van der Waals surface area contributed by atoms with Crippen LogP contribution in [0.1, 0.15) is 52.3 Å². The molecule has 2 aliphatic heterocycles. The third-order valence-electron chi connectivity index (χ3n) is 5.78. The predicted octanol–water partition coefficient (Wildman–Crippen LogP) is 1.12.